The number of rotatable bonds is 4. The van der Waals surface area contributed by atoms with E-state index in [0.717, 1.165) is 67.3 Å². The van der Waals surface area contributed by atoms with E-state index in [-0.39, 0.29) is 10.8 Å². The van der Waals surface area contributed by atoms with Gasteiger partial charge in [0.25, 0.3) is 0 Å². The third-order valence-corrected chi connectivity index (χ3v) is 9.84. The molecule has 9 rings (SSSR count). The number of aromatic nitrogens is 5. The van der Waals surface area contributed by atoms with Gasteiger partial charge in [-0.3, -0.25) is 13.5 Å². The van der Waals surface area contributed by atoms with Crippen molar-refractivity contribution in [3.63, 3.8) is 0 Å². The fourth-order valence-corrected chi connectivity index (χ4v) is 7.21. The number of fused-ring (bicyclic) bond motifs is 8. The van der Waals surface area contributed by atoms with Gasteiger partial charge in [-0.15, -0.1) is 0 Å². The number of imidazole rings is 2. The molecule has 0 N–H and O–H groups in total. The maximum Gasteiger partial charge on any atom is 0.220 e. The van der Waals surface area contributed by atoms with Crippen LogP contribution < -0.4 is 4.74 Å². The number of para-hydroxylation sites is 5. The van der Waals surface area contributed by atoms with Crippen molar-refractivity contribution in [2.75, 3.05) is 0 Å². The zero-order chi connectivity index (χ0) is 34.4. The first-order valence-corrected chi connectivity index (χ1v) is 17.3. The van der Waals surface area contributed by atoms with Gasteiger partial charge in [0.05, 0.1) is 38.8 Å². The van der Waals surface area contributed by atoms with Crippen LogP contribution in [0.5, 0.6) is 11.5 Å². The lowest BCUT2D eigenvalue weighted by atomic mass is 9.86. The molecule has 0 unspecified atom stereocenters. The zero-order valence-electron chi connectivity index (χ0n) is 29.3. The monoisotopic (exact) mass is 653 g/mol. The maximum atomic E-state index is 6.83. The first-order chi connectivity index (χ1) is 24.0. The van der Waals surface area contributed by atoms with E-state index in [1.54, 1.807) is 0 Å². The molecule has 0 aliphatic rings. The summed E-state index contributed by atoms with van der Waals surface area (Å²) in [5.41, 5.74) is 9.74. The van der Waals surface area contributed by atoms with E-state index in [4.69, 9.17) is 14.7 Å². The van der Waals surface area contributed by atoms with Crippen LogP contribution in [0.3, 0.4) is 0 Å². The summed E-state index contributed by atoms with van der Waals surface area (Å²) in [5.74, 6) is 3.31. The number of hydrogen-bond donors (Lipinski definition) is 0. The summed E-state index contributed by atoms with van der Waals surface area (Å²) in [6, 6.07) is 42.7. The predicted octanol–water partition coefficient (Wildman–Crippen LogP) is 11.3. The molecule has 0 aliphatic carbocycles. The molecule has 9 aromatic rings. The third-order valence-electron chi connectivity index (χ3n) is 9.84. The highest BCUT2D eigenvalue weighted by atomic mass is 16.5. The Labute approximate surface area is 291 Å². The molecule has 0 aliphatic heterocycles. The van der Waals surface area contributed by atoms with Gasteiger partial charge < -0.3 is 4.74 Å². The summed E-state index contributed by atoms with van der Waals surface area (Å²) in [5, 5.41) is 2.34. The van der Waals surface area contributed by atoms with Crippen molar-refractivity contribution in [2.24, 2.45) is 0 Å². The summed E-state index contributed by atoms with van der Waals surface area (Å²) in [6.45, 7) is 13.4. The summed E-state index contributed by atoms with van der Waals surface area (Å²) >= 11 is 0. The summed E-state index contributed by atoms with van der Waals surface area (Å²) in [6.07, 6.45) is 1.92. The number of benzene rings is 5. The highest BCUT2D eigenvalue weighted by molar-refractivity contribution is 6.09. The highest BCUT2D eigenvalue weighted by Gasteiger charge is 2.22. The molecule has 0 saturated heterocycles. The van der Waals surface area contributed by atoms with Crippen molar-refractivity contribution in [3.8, 4) is 23.0 Å². The first-order valence-electron chi connectivity index (χ1n) is 17.3. The van der Waals surface area contributed by atoms with Gasteiger partial charge >= 0.3 is 0 Å². The molecule has 4 heterocycles. The highest BCUT2D eigenvalue weighted by Crippen LogP contribution is 2.38. The minimum atomic E-state index is -0.117. The largest absolute Gasteiger partial charge is 0.457 e. The van der Waals surface area contributed by atoms with Crippen LogP contribution in [0.25, 0.3) is 61.2 Å². The summed E-state index contributed by atoms with van der Waals surface area (Å²) in [4.78, 5) is 9.99. The van der Waals surface area contributed by atoms with Gasteiger partial charge in [0.1, 0.15) is 17.3 Å². The lowest BCUT2D eigenvalue weighted by Gasteiger charge is -2.22. The fourth-order valence-electron chi connectivity index (χ4n) is 7.21. The number of pyridine rings is 1. The van der Waals surface area contributed by atoms with Crippen LogP contribution in [0.15, 0.2) is 128 Å². The fraction of sp³-hybridized carbons (Fsp3) is 0.182. The predicted molar refractivity (Wildman–Crippen MR) is 206 cm³/mol. The van der Waals surface area contributed by atoms with Gasteiger partial charge in [-0.25, -0.2) is 9.97 Å². The molecule has 6 nitrogen and oxygen atoms in total. The molecule has 0 amide bonds. The summed E-state index contributed by atoms with van der Waals surface area (Å²) in [7, 11) is 0. The van der Waals surface area contributed by atoms with E-state index < -0.39 is 0 Å². The van der Waals surface area contributed by atoms with Crippen LogP contribution in [0.4, 0.5) is 0 Å². The average molecular weight is 654 g/mol. The smallest absolute Gasteiger partial charge is 0.220 e. The Morgan fingerprint density at radius 3 is 1.98 bits per heavy atom. The van der Waals surface area contributed by atoms with Crippen molar-refractivity contribution in [1.82, 2.24) is 23.5 Å². The second-order valence-electron chi connectivity index (χ2n) is 15.3. The van der Waals surface area contributed by atoms with Crippen molar-refractivity contribution in [1.29, 1.82) is 0 Å². The molecule has 0 fully saturated rings. The van der Waals surface area contributed by atoms with E-state index in [2.05, 4.69) is 170 Å². The van der Waals surface area contributed by atoms with Crippen molar-refractivity contribution >= 4 is 49.7 Å². The topological polar surface area (TPSA) is 49.3 Å². The number of nitrogens with zero attached hydrogens (tertiary/aromatic N) is 5. The van der Waals surface area contributed by atoms with Gasteiger partial charge in [-0.2, -0.15) is 0 Å². The standard InChI is InChI=1S/C44H39N5O/c1-43(2,3)28-21-22-45-41(25-28)48-36-15-9-7-13-33(36)34-20-19-31(27-40(34)48)50-32-24-29(44(4,5)6)23-30(26-32)47-38-17-11-12-18-39(38)49-37-16-10-8-14-35(37)46-42(47)49/h7-27H,1-6H3. The Bertz CT molecular complexity index is 2760. The molecule has 4 aromatic heterocycles. The SMILES string of the molecule is CC(C)(C)c1cc(Oc2ccc3c4ccccc4n(-c4cc(C(C)(C)C)ccn4)c3c2)cc(-n2c3ccccc3n3c4ccccc4nc23)c1. The molecule has 6 heteroatoms. The molecular weight excluding hydrogens is 615 g/mol. The van der Waals surface area contributed by atoms with Crippen molar-refractivity contribution < 1.29 is 4.74 Å². The molecule has 0 saturated carbocycles. The van der Waals surface area contributed by atoms with Crippen molar-refractivity contribution in [2.45, 2.75) is 52.4 Å². The van der Waals surface area contributed by atoms with E-state index in [1.165, 1.54) is 16.5 Å². The molecule has 0 atom stereocenters. The van der Waals surface area contributed by atoms with E-state index in [1.807, 2.05) is 12.3 Å². The zero-order valence-corrected chi connectivity index (χ0v) is 29.3. The third kappa shape index (κ3) is 4.78. The minimum absolute atomic E-state index is 0.000236. The van der Waals surface area contributed by atoms with Crippen LogP contribution in [0, 0.1) is 0 Å². The van der Waals surface area contributed by atoms with Gasteiger partial charge in [-0.05, 0) is 88.7 Å². The molecular formula is C44H39N5O. The molecule has 5 aromatic carbocycles. The van der Waals surface area contributed by atoms with Crippen molar-refractivity contribution in [3.05, 3.63) is 139 Å². The van der Waals surface area contributed by atoms with Gasteiger partial charge in [0, 0.05) is 29.1 Å². The molecule has 0 radical (unpaired) electrons. The van der Waals surface area contributed by atoms with Crippen LogP contribution in [-0.2, 0) is 10.8 Å². The second-order valence-corrected chi connectivity index (χ2v) is 15.3. The maximum absolute atomic E-state index is 6.83. The molecule has 50 heavy (non-hydrogen) atoms. The lowest BCUT2D eigenvalue weighted by molar-refractivity contribution is 0.479. The first kappa shape index (κ1) is 30.2. The quantitative estimate of drug-likeness (QED) is 0.190. The Morgan fingerprint density at radius 1 is 0.520 bits per heavy atom. The van der Waals surface area contributed by atoms with Crippen LogP contribution in [-0.4, -0.2) is 23.5 Å². The summed E-state index contributed by atoms with van der Waals surface area (Å²) < 4.78 is 13.6. The molecule has 0 spiro atoms. The molecule has 0 bridgehead atoms. The Kier molecular flexibility index (Phi) is 6.53. The normalized spacial score (nSPS) is 12.6. The van der Waals surface area contributed by atoms with Gasteiger partial charge in [-0.1, -0.05) is 84.0 Å². The Balaban J connectivity index is 1.23. The lowest BCUT2D eigenvalue weighted by Crippen LogP contribution is -2.12. The van der Waals surface area contributed by atoms with Gasteiger partial charge in [0.2, 0.25) is 5.78 Å². The number of hydrogen-bond acceptors (Lipinski definition) is 3. The average Bonchev–Trinajstić information content (AvgIpc) is 3.74. The van der Waals surface area contributed by atoms with E-state index >= 15 is 0 Å². The minimum Gasteiger partial charge on any atom is -0.457 e. The Morgan fingerprint density at radius 2 is 1.20 bits per heavy atom. The van der Waals surface area contributed by atoms with Crippen LogP contribution in [0.1, 0.15) is 52.7 Å². The van der Waals surface area contributed by atoms with Gasteiger partial charge in [0.15, 0.2) is 0 Å². The molecule has 246 valence electrons. The van der Waals surface area contributed by atoms with E-state index in [0.29, 0.717) is 0 Å². The van der Waals surface area contributed by atoms with E-state index in [9.17, 15) is 0 Å². The number of ether oxygens (including phenoxy) is 1. The Hall–Kier alpha value is -5.88. The second kappa shape index (κ2) is 10.8. The van der Waals surface area contributed by atoms with Crippen LogP contribution >= 0.6 is 0 Å². The van der Waals surface area contributed by atoms with Crippen LogP contribution in [0.2, 0.25) is 0 Å².